The number of esters is 1. The van der Waals surface area contributed by atoms with Gasteiger partial charge in [0.25, 0.3) is 15.6 Å². The molecule has 0 N–H and O–H groups in total. The van der Waals surface area contributed by atoms with E-state index < -0.39 is 16.0 Å². The minimum atomic E-state index is -3.83. The maximum Gasteiger partial charge on any atom is 0.338 e. The van der Waals surface area contributed by atoms with Gasteiger partial charge in [0.15, 0.2) is 4.96 Å². The summed E-state index contributed by atoms with van der Waals surface area (Å²) in [5, 5.41) is 1.74. The van der Waals surface area contributed by atoms with Crippen molar-refractivity contribution < 1.29 is 17.9 Å². The minimum absolute atomic E-state index is 0.0139. The number of carbonyl (C=O) groups excluding carboxylic acids is 1. The Bertz CT molecular complexity index is 1510. The number of sulfonamides is 1. The molecule has 0 unspecified atom stereocenters. The van der Waals surface area contributed by atoms with Crippen LogP contribution in [0.1, 0.15) is 21.6 Å². The first-order valence-electron chi connectivity index (χ1n) is 9.77. The van der Waals surface area contributed by atoms with Gasteiger partial charge in [0, 0.05) is 24.2 Å². The van der Waals surface area contributed by atoms with E-state index in [1.165, 1.54) is 50.4 Å². The number of carbonyl (C=O) groups is 1. The number of rotatable bonds is 5. The molecular formula is C22H17N3O5S2. The van der Waals surface area contributed by atoms with Crippen LogP contribution in [0.25, 0.3) is 4.96 Å². The Labute approximate surface area is 187 Å². The van der Waals surface area contributed by atoms with E-state index in [0.717, 1.165) is 5.56 Å². The summed E-state index contributed by atoms with van der Waals surface area (Å²) >= 11 is 1.30. The quantitative estimate of drug-likeness (QED) is 0.419. The van der Waals surface area contributed by atoms with Gasteiger partial charge in [0.1, 0.15) is 6.61 Å². The first-order valence-corrected chi connectivity index (χ1v) is 12.1. The predicted molar refractivity (Wildman–Crippen MR) is 120 cm³/mol. The minimum Gasteiger partial charge on any atom is -0.456 e. The van der Waals surface area contributed by atoms with Gasteiger partial charge in [0.05, 0.1) is 21.8 Å². The molecule has 2 aromatic heterocycles. The molecule has 1 aliphatic heterocycles. The lowest BCUT2D eigenvalue weighted by atomic mass is 10.2. The van der Waals surface area contributed by atoms with Gasteiger partial charge < -0.3 is 4.74 Å². The maximum atomic E-state index is 13.2. The Kier molecular flexibility index (Phi) is 5.03. The molecule has 5 rings (SSSR count). The van der Waals surface area contributed by atoms with E-state index in [9.17, 15) is 18.0 Å². The number of benzene rings is 2. The molecule has 0 radical (unpaired) electrons. The van der Waals surface area contributed by atoms with E-state index >= 15 is 0 Å². The van der Waals surface area contributed by atoms with E-state index in [1.807, 2.05) is 12.1 Å². The van der Waals surface area contributed by atoms with Crippen LogP contribution in [-0.2, 0) is 27.8 Å². The van der Waals surface area contributed by atoms with E-state index in [4.69, 9.17) is 4.74 Å². The molecule has 0 amide bonds. The number of para-hydroxylation sites is 1. The van der Waals surface area contributed by atoms with Crippen molar-refractivity contribution in [3.05, 3.63) is 93.3 Å². The third-order valence-corrected chi connectivity index (χ3v) is 7.78. The van der Waals surface area contributed by atoms with Crippen LogP contribution in [0.4, 0.5) is 5.69 Å². The van der Waals surface area contributed by atoms with Crippen molar-refractivity contribution in [3.63, 3.8) is 0 Å². The maximum absolute atomic E-state index is 13.2. The Balaban J connectivity index is 1.36. The van der Waals surface area contributed by atoms with E-state index in [0.29, 0.717) is 29.3 Å². The highest BCUT2D eigenvalue weighted by molar-refractivity contribution is 7.92. The molecule has 0 saturated heterocycles. The summed E-state index contributed by atoms with van der Waals surface area (Å²) in [5.74, 6) is -0.697. The highest BCUT2D eigenvalue weighted by Crippen LogP contribution is 2.32. The Morgan fingerprint density at radius 2 is 1.97 bits per heavy atom. The molecule has 0 fully saturated rings. The lowest BCUT2D eigenvalue weighted by Gasteiger charge is -2.19. The normalized spacial score (nSPS) is 13.3. The molecule has 162 valence electrons. The number of nitrogens with zero attached hydrogens (tertiary/aromatic N) is 3. The summed E-state index contributed by atoms with van der Waals surface area (Å²) in [7, 11) is -3.83. The van der Waals surface area contributed by atoms with Crippen molar-refractivity contribution in [2.24, 2.45) is 0 Å². The Morgan fingerprint density at radius 1 is 1.12 bits per heavy atom. The van der Waals surface area contributed by atoms with Crippen LogP contribution in [0, 0.1) is 0 Å². The van der Waals surface area contributed by atoms with Gasteiger partial charge in [-0.3, -0.25) is 13.5 Å². The Morgan fingerprint density at radius 3 is 2.84 bits per heavy atom. The fourth-order valence-electron chi connectivity index (χ4n) is 3.65. The molecule has 0 spiro atoms. The van der Waals surface area contributed by atoms with Crippen molar-refractivity contribution in [1.82, 2.24) is 9.38 Å². The van der Waals surface area contributed by atoms with Gasteiger partial charge in [-0.1, -0.05) is 24.3 Å². The lowest BCUT2D eigenvalue weighted by molar-refractivity contribution is 0.0467. The zero-order chi connectivity index (χ0) is 22.3. The topological polar surface area (TPSA) is 98.0 Å². The molecule has 1 aliphatic rings. The summed E-state index contributed by atoms with van der Waals surface area (Å²) in [6, 6.07) is 14.4. The second-order valence-corrected chi connectivity index (χ2v) is 9.94. The predicted octanol–water partition coefficient (Wildman–Crippen LogP) is 2.86. The second-order valence-electron chi connectivity index (χ2n) is 7.20. The number of fused-ring (bicyclic) bond motifs is 2. The zero-order valence-corrected chi connectivity index (χ0v) is 18.3. The van der Waals surface area contributed by atoms with E-state index in [-0.39, 0.29) is 22.6 Å². The first kappa shape index (κ1) is 20.4. The lowest BCUT2D eigenvalue weighted by Crippen LogP contribution is -2.29. The number of hydrogen-bond donors (Lipinski definition) is 0. The molecular weight excluding hydrogens is 450 g/mol. The molecule has 0 atom stereocenters. The molecule has 0 saturated carbocycles. The van der Waals surface area contributed by atoms with Gasteiger partial charge in [-0.25, -0.2) is 18.2 Å². The molecule has 0 bridgehead atoms. The van der Waals surface area contributed by atoms with Gasteiger partial charge in [-0.05, 0) is 36.2 Å². The van der Waals surface area contributed by atoms with Crippen molar-refractivity contribution >= 4 is 38.0 Å². The Hall–Kier alpha value is -3.50. The molecule has 32 heavy (non-hydrogen) atoms. The molecule has 8 nitrogen and oxygen atoms in total. The number of aromatic nitrogens is 2. The highest BCUT2D eigenvalue weighted by atomic mass is 32.2. The zero-order valence-electron chi connectivity index (χ0n) is 16.7. The van der Waals surface area contributed by atoms with Crippen molar-refractivity contribution in [1.29, 1.82) is 0 Å². The van der Waals surface area contributed by atoms with Gasteiger partial charge in [-0.2, -0.15) is 0 Å². The third-order valence-electron chi connectivity index (χ3n) is 5.21. The van der Waals surface area contributed by atoms with Crippen LogP contribution in [0.5, 0.6) is 0 Å². The molecule has 10 heteroatoms. The summed E-state index contributed by atoms with van der Waals surface area (Å²) in [6.45, 7) is 0.154. The van der Waals surface area contributed by atoms with Crippen molar-refractivity contribution in [2.45, 2.75) is 17.9 Å². The van der Waals surface area contributed by atoms with Crippen LogP contribution in [0.15, 0.2) is 75.9 Å². The fourth-order valence-corrected chi connectivity index (χ4v) is 5.94. The molecule has 4 aromatic rings. The molecule has 2 aromatic carbocycles. The monoisotopic (exact) mass is 467 g/mol. The van der Waals surface area contributed by atoms with Gasteiger partial charge in [-0.15, -0.1) is 11.3 Å². The van der Waals surface area contributed by atoms with Crippen LogP contribution in [0.2, 0.25) is 0 Å². The molecule has 0 aliphatic carbocycles. The number of thiazole rings is 1. The van der Waals surface area contributed by atoms with Crippen LogP contribution < -0.4 is 9.86 Å². The smallest absolute Gasteiger partial charge is 0.338 e. The van der Waals surface area contributed by atoms with Crippen LogP contribution in [0.3, 0.4) is 0 Å². The van der Waals surface area contributed by atoms with Gasteiger partial charge in [0.2, 0.25) is 0 Å². The van der Waals surface area contributed by atoms with Crippen LogP contribution >= 0.6 is 11.3 Å². The van der Waals surface area contributed by atoms with Crippen molar-refractivity contribution in [2.75, 3.05) is 10.8 Å². The second kappa shape index (κ2) is 7.88. The van der Waals surface area contributed by atoms with E-state index in [1.54, 1.807) is 23.7 Å². The average molecular weight is 468 g/mol. The third kappa shape index (κ3) is 3.57. The van der Waals surface area contributed by atoms with Gasteiger partial charge >= 0.3 is 5.97 Å². The average Bonchev–Trinajstić information content (AvgIpc) is 3.45. The number of hydrogen-bond acceptors (Lipinski definition) is 7. The van der Waals surface area contributed by atoms with Crippen molar-refractivity contribution in [3.8, 4) is 0 Å². The largest absolute Gasteiger partial charge is 0.456 e. The van der Waals surface area contributed by atoms with Crippen LogP contribution in [-0.4, -0.2) is 30.3 Å². The summed E-state index contributed by atoms with van der Waals surface area (Å²) in [5.41, 5.74) is 1.79. The number of ether oxygens (including phenoxy) is 1. The molecule has 3 heterocycles. The summed E-state index contributed by atoms with van der Waals surface area (Å²) < 4.78 is 34.5. The first-order chi connectivity index (χ1) is 15.4. The summed E-state index contributed by atoms with van der Waals surface area (Å²) in [4.78, 5) is 29.4. The van der Waals surface area contributed by atoms with E-state index in [2.05, 4.69) is 4.98 Å². The fraction of sp³-hybridized carbons (Fsp3) is 0.136. The summed E-state index contributed by atoms with van der Waals surface area (Å²) in [6.07, 6.45) is 2.26. The number of anilines is 1. The SMILES string of the molecule is O=C(OCc1cc(=O)n2ccsc2n1)c1cccc(S(=O)(=O)N2CCc3ccccc32)c1. The standard InChI is InChI=1S/C22H17N3O5S2/c26-20-13-17(23-22-24(20)10-11-31-22)14-30-21(27)16-5-3-6-18(12-16)32(28,29)25-9-8-15-4-1-2-7-19(15)25/h1-7,10-13H,8-9,14H2. The highest BCUT2D eigenvalue weighted by Gasteiger charge is 2.31.